The van der Waals surface area contributed by atoms with Crippen molar-refractivity contribution in [1.29, 1.82) is 0 Å². The van der Waals surface area contributed by atoms with Crippen molar-refractivity contribution in [2.24, 2.45) is 5.92 Å². The molecule has 2 rings (SSSR count). The monoisotopic (exact) mass is 277 g/mol. The lowest BCUT2D eigenvalue weighted by molar-refractivity contribution is -0.130. The fraction of sp³-hybridized carbons (Fsp3) is 0.600. The molecule has 1 aliphatic rings. The summed E-state index contributed by atoms with van der Waals surface area (Å²) in [5.41, 5.74) is 6.18. The van der Waals surface area contributed by atoms with Gasteiger partial charge in [-0.1, -0.05) is 13.3 Å². The number of nitrogens with two attached hydrogens (primary N) is 1. The van der Waals surface area contributed by atoms with Gasteiger partial charge in [0.15, 0.2) is 0 Å². The lowest BCUT2D eigenvalue weighted by atomic mass is 9.98. The third-order valence-electron chi connectivity index (χ3n) is 4.12. The van der Waals surface area contributed by atoms with E-state index in [1.54, 1.807) is 16.8 Å². The number of nitrogen functional groups attached to an aromatic ring is 1. The summed E-state index contributed by atoms with van der Waals surface area (Å²) in [6.07, 6.45) is 5.46. The van der Waals surface area contributed by atoms with E-state index >= 15 is 0 Å². The quantitative estimate of drug-likeness (QED) is 0.906. The van der Waals surface area contributed by atoms with E-state index in [0.717, 1.165) is 25.8 Å². The standard InChI is InChI=1S/C15H23N3O2/c1-2-12-3-5-14(19)17(8-7-12)9-10-18-11-13(16)4-6-15(18)20/h4,6,11-12H,2-3,5,7-10,16H2,1H3. The number of hydrogen-bond acceptors (Lipinski definition) is 3. The Morgan fingerprint density at radius 3 is 2.80 bits per heavy atom. The molecule has 2 N–H and O–H groups in total. The lowest BCUT2D eigenvalue weighted by Crippen LogP contribution is -2.35. The Morgan fingerprint density at radius 1 is 1.25 bits per heavy atom. The van der Waals surface area contributed by atoms with Gasteiger partial charge in [0.2, 0.25) is 5.91 Å². The van der Waals surface area contributed by atoms with Gasteiger partial charge in [-0.2, -0.15) is 0 Å². The number of carbonyl (C=O) groups excluding carboxylic acids is 1. The van der Waals surface area contributed by atoms with Crippen molar-refractivity contribution in [2.75, 3.05) is 18.8 Å². The highest BCUT2D eigenvalue weighted by Gasteiger charge is 2.21. The second-order valence-electron chi connectivity index (χ2n) is 5.48. The van der Waals surface area contributed by atoms with Gasteiger partial charge in [-0.25, -0.2) is 0 Å². The van der Waals surface area contributed by atoms with Gasteiger partial charge in [0.1, 0.15) is 0 Å². The van der Waals surface area contributed by atoms with E-state index in [9.17, 15) is 9.59 Å². The van der Waals surface area contributed by atoms with E-state index in [2.05, 4.69) is 6.92 Å². The molecule has 1 atom stereocenters. The van der Waals surface area contributed by atoms with Crippen LogP contribution < -0.4 is 11.3 Å². The molecular weight excluding hydrogens is 254 g/mol. The van der Waals surface area contributed by atoms with Crippen LogP contribution in [0.25, 0.3) is 0 Å². The molecule has 0 radical (unpaired) electrons. The number of nitrogens with zero attached hydrogens (tertiary/aromatic N) is 2. The minimum Gasteiger partial charge on any atom is -0.398 e. The molecule has 0 spiro atoms. The smallest absolute Gasteiger partial charge is 0.250 e. The van der Waals surface area contributed by atoms with Crippen LogP contribution in [0.1, 0.15) is 32.6 Å². The molecular formula is C15H23N3O2. The first kappa shape index (κ1) is 14.6. The van der Waals surface area contributed by atoms with E-state index < -0.39 is 0 Å². The molecule has 5 nitrogen and oxygen atoms in total. The summed E-state index contributed by atoms with van der Waals surface area (Å²) in [7, 11) is 0. The van der Waals surface area contributed by atoms with Crippen molar-refractivity contribution < 1.29 is 4.79 Å². The normalized spacial score (nSPS) is 19.9. The molecule has 20 heavy (non-hydrogen) atoms. The zero-order valence-electron chi connectivity index (χ0n) is 12.0. The molecule has 1 aliphatic heterocycles. The molecule has 0 aliphatic carbocycles. The van der Waals surface area contributed by atoms with Crippen LogP contribution in [-0.2, 0) is 11.3 Å². The van der Waals surface area contributed by atoms with Gasteiger partial charge in [-0.05, 0) is 24.8 Å². The van der Waals surface area contributed by atoms with Crippen LogP contribution in [0, 0.1) is 5.92 Å². The van der Waals surface area contributed by atoms with Gasteiger partial charge >= 0.3 is 0 Å². The summed E-state index contributed by atoms with van der Waals surface area (Å²) >= 11 is 0. The Bertz CT molecular complexity index is 524. The van der Waals surface area contributed by atoms with Gasteiger partial charge < -0.3 is 15.2 Å². The number of rotatable bonds is 4. The van der Waals surface area contributed by atoms with Crippen LogP contribution in [0.3, 0.4) is 0 Å². The third-order valence-corrected chi connectivity index (χ3v) is 4.12. The fourth-order valence-corrected chi connectivity index (χ4v) is 2.69. The van der Waals surface area contributed by atoms with Crippen molar-refractivity contribution in [3.63, 3.8) is 0 Å². The molecule has 1 unspecified atom stereocenters. The highest BCUT2D eigenvalue weighted by atomic mass is 16.2. The van der Waals surface area contributed by atoms with Gasteiger partial charge in [0, 0.05) is 44.0 Å². The molecule has 0 saturated carbocycles. The maximum absolute atomic E-state index is 12.1. The molecule has 1 aromatic rings. The molecule has 1 fully saturated rings. The maximum Gasteiger partial charge on any atom is 0.250 e. The van der Waals surface area contributed by atoms with E-state index in [0.29, 0.717) is 31.1 Å². The summed E-state index contributed by atoms with van der Waals surface area (Å²) in [6.45, 7) is 4.07. The second-order valence-corrected chi connectivity index (χ2v) is 5.48. The summed E-state index contributed by atoms with van der Waals surface area (Å²) in [5.74, 6) is 0.858. The Kier molecular flexibility index (Phi) is 4.82. The summed E-state index contributed by atoms with van der Waals surface area (Å²) in [6, 6.07) is 3.06. The molecule has 0 bridgehead atoms. The fourth-order valence-electron chi connectivity index (χ4n) is 2.69. The van der Waals surface area contributed by atoms with Crippen molar-refractivity contribution >= 4 is 11.6 Å². The summed E-state index contributed by atoms with van der Waals surface area (Å²) in [4.78, 5) is 25.6. The lowest BCUT2D eigenvalue weighted by Gasteiger charge is -2.21. The number of likely N-dealkylation sites (tertiary alicyclic amines) is 1. The molecule has 1 saturated heterocycles. The van der Waals surface area contributed by atoms with E-state index in [4.69, 9.17) is 5.73 Å². The molecule has 110 valence electrons. The topological polar surface area (TPSA) is 68.3 Å². The number of hydrogen-bond donors (Lipinski definition) is 1. The van der Waals surface area contributed by atoms with E-state index in [-0.39, 0.29) is 11.5 Å². The van der Waals surface area contributed by atoms with Crippen LogP contribution in [-0.4, -0.2) is 28.5 Å². The maximum atomic E-state index is 12.1. The van der Waals surface area contributed by atoms with E-state index in [1.165, 1.54) is 6.07 Å². The predicted molar refractivity (Wildman–Crippen MR) is 79.3 cm³/mol. The molecule has 1 aromatic heterocycles. The molecule has 2 heterocycles. The average Bonchev–Trinajstić information content (AvgIpc) is 2.62. The van der Waals surface area contributed by atoms with Crippen LogP contribution in [0.5, 0.6) is 0 Å². The van der Waals surface area contributed by atoms with Crippen LogP contribution in [0.2, 0.25) is 0 Å². The third kappa shape index (κ3) is 3.62. The minimum atomic E-state index is -0.0760. The first-order chi connectivity index (χ1) is 9.60. The van der Waals surface area contributed by atoms with Gasteiger partial charge in [0.05, 0.1) is 0 Å². The number of carbonyl (C=O) groups is 1. The van der Waals surface area contributed by atoms with E-state index in [1.807, 2.05) is 4.90 Å². The Morgan fingerprint density at radius 2 is 2.05 bits per heavy atom. The van der Waals surface area contributed by atoms with Crippen molar-refractivity contribution in [2.45, 2.75) is 39.2 Å². The van der Waals surface area contributed by atoms with Crippen LogP contribution >= 0.6 is 0 Å². The predicted octanol–water partition coefficient (Wildman–Crippen LogP) is 1.47. The number of aromatic nitrogens is 1. The van der Waals surface area contributed by atoms with Crippen molar-refractivity contribution in [3.8, 4) is 0 Å². The second kappa shape index (κ2) is 6.59. The summed E-state index contributed by atoms with van der Waals surface area (Å²) in [5, 5.41) is 0. The van der Waals surface area contributed by atoms with Crippen molar-refractivity contribution in [1.82, 2.24) is 9.47 Å². The van der Waals surface area contributed by atoms with Gasteiger partial charge in [-0.15, -0.1) is 0 Å². The molecule has 1 amide bonds. The first-order valence-electron chi connectivity index (χ1n) is 7.34. The average molecular weight is 277 g/mol. The number of pyridine rings is 1. The number of amides is 1. The Labute approximate surface area is 119 Å². The SMILES string of the molecule is CCC1CCC(=O)N(CCn2cc(N)ccc2=O)CC1. The minimum absolute atomic E-state index is 0.0760. The Hall–Kier alpha value is -1.78. The zero-order chi connectivity index (χ0) is 14.5. The van der Waals surface area contributed by atoms with Crippen LogP contribution in [0.15, 0.2) is 23.1 Å². The number of anilines is 1. The van der Waals surface area contributed by atoms with Gasteiger partial charge in [-0.3, -0.25) is 9.59 Å². The molecule has 0 aromatic carbocycles. The zero-order valence-corrected chi connectivity index (χ0v) is 12.0. The highest BCUT2D eigenvalue weighted by molar-refractivity contribution is 5.76. The molecule has 5 heteroatoms. The van der Waals surface area contributed by atoms with Gasteiger partial charge in [0.25, 0.3) is 5.56 Å². The van der Waals surface area contributed by atoms with Crippen LogP contribution in [0.4, 0.5) is 5.69 Å². The first-order valence-corrected chi connectivity index (χ1v) is 7.34. The largest absolute Gasteiger partial charge is 0.398 e. The summed E-state index contributed by atoms with van der Waals surface area (Å²) < 4.78 is 1.57. The van der Waals surface area contributed by atoms with Crippen molar-refractivity contribution in [3.05, 3.63) is 28.7 Å². The highest BCUT2D eigenvalue weighted by Crippen LogP contribution is 2.20. The Balaban J connectivity index is 1.97.